The topological polar surface area (TPSA) is 78.3 Å². The van der Waals surface area contributed by atoms with Gasteiger partial charge < -0.3 is 10.1 Å². The lowest BCUT2D eigenvalue weighted by Gasteiger charge is -2.47. The Balaban J connectivity index is 1.64. The number of carbonyl (C=O) groups is 1. The molecule has 1 aromatic heterocycles. The standard InChI is InChI=1S/C24H22N4O2/c1-28-22(29)15-24(27-23(28)25)14-21(17-5-3-2-4-6-17)30-20-8-7-18(13-19(20)24)16-9-11-26-12-10-16/h2-13,21H,14-15H2,1H3,(H2,25,27). The molecule has 2 aliphatic rings. The zero-order valence-corrected chi connectivity index (χ0v) is 16.6. The number of rotatable bonds is 2. The zero-order valence-electron chi connectivity index (χ0n) is 16.6. The molecule has 2 aliphatic heterocycles. The van der Waals surface area contributed by atoms with E-state index in [1.165, 1.54) is 4.90 Å². The number of hydrogen-bond donors (Lipinski definition) is 2. The Bertz CT molecular complexity index is 1100. The summed E-state index contributed by atoms with van der Waals surface area (Å²) in [5.41, 5.74) is 3.34. The quantitative estimate of drug-likeness (QED) is 0.687. The first-order valence-electron chi connectivity index (χ1n) is 9.96. The second-order valence-corrected chi connectivity index (χ2v) is 7.85. The molecule has 30 heavy (non-hydrogen) atoms. The number of guanidine groups is 1. The lowest BCUT2D eigenvalue weighted by atomic mass is 9.76. The van der Waals surface area contributed by atoms with E-state index in [1.54, 1.807) is 19.4 Å². The van der Waals surface area contributed by atoms with E-state index in [1.807, 2.05) is 54.6 Å². The van der Waals surface area contributed by atoms with Crippen LogP contribution in [-0.2, 0) is 10.3 Å². The fourth-order valence-electron chi connectivity index (χ4n) is 4.35. The van der Waals surface area contributed by atoms with E-state index in [0.717, 1.165) is 28.0 Å². The number of fused-ring (bicyclic) bond motifs is 2. The maximum absolute atomic E-state index is 12.8. The maximum Gasteiger partial charge on any atom is 0.231 e. The average Bonchev–Trinajstić information content (AvgIpc) is 2.78. The third kappa shape index (κ3) is 3.01. The normalized spacial score (nSPS) is 23.0. The third-order valence-corrected chi connectivity index (χ3v) is 6.00. The molecular formula is C24H22N4O2. The highest BCUT2D eigenvalue weighted by molar-refractivity contribution is 5.99. The van der Waals surface area contributed by atoms with Crippen molar-refractivity contribution < 1.29 is 9.53 Å². The molecule has 2 aromatic carbocycles. The summed E-state index contributed by atoms with van der Waals surface area (Å²) in [4.78, 5) is 18.2. The summed E-state index contributed by atoms with van der Waals surface area (Å²) in [6, 6.07) is 20.0. The Morgan fingerprint density at radius 2 is 1.87 bits per heavy atom. The molecule has 1 spiro atoms. The predicted octanol–water partition coefficient (Wildman–Crippen LogP) is 3.85. The van der Waals surface area contributed by atoms with Gasteiger partial charge in [-0.2, -0.15) is 0 Å². The Kier molecular flexibility index (Phi) is 4.28. The molecule has 1 fully saturated rings. The van der Waals surface area contributed by atoms with Crippen LogP contribution >= 0.6 is 0 Å². The van der Waals surface area contributed by atoms with Crippen LogP contribution in [0.25, 0.3) is 11.1 Å². The van der Waals surface area contributed by atoms with Gasteiger partial charge >= 0.3 is 0 Å². The first-order chi connectivity index (χ1) is 14.6. The van der Waals surface area contributed by atoms with Crippen molar-refractivity contribution in [3.8, 4) is 16.9 Å². The van der Waals surface area contributed by atoms with Crippen molar-refractivity contribution >= 4 is 11.9 Å². The monoisotopic (exact) mass is 398 g/mol. The van der Waals surface area contributed by atoms with Gasteiger partial charge in [0.25, 0.3) is 0 Å². The van der Waals surface area contributed by atoms with Crippen molar-refractivity contribution in [2.24, 2.45) is 0 Å². The molecular weight excluding hydrogens is 376 g/mol. The predicted molar refractivity (Wildman–Crippen MR) is 114 cm³/mol. The summed E-state index contributed by atoms with van der Waals surface area (Å²) >= 11 is 0. The Hall–Kier alpha value is -3.67. The lowest BCUT2D eigenvalue weighted by molar-refractivity contribution is -0.130. The number of nitrogens with one attached hydrogen (secondary N) is 2. The fourth-order valence-corrected chi connectivity index (χ4v) is 4.35. The number of hydrogen-bond acceptors (Lipinski definition) is 4. The molecule has 6 heteroatoms. The number of pyridine rings is 1. The van der Waals surface area contributed by atoms with E-state index in [9.17, 15) is 4.79 Å². The van der Waals surface area contributed by atoms with Crippen molar-refractivity contribution in [2.45, 2.75) is 24.5 Å². The highest BCUT2D eigenvalue weighted by Crippen LogP contribution is 2.48. The van der Waals surface area contributed by atoms with E-state index in [0.29, 0.717) is 6.42 Å². The molecule has 2 N–H and O–H groups in total. The second kappa shape index (κ2) is 6.99. The van der Waals surface area contributed by atoms with Gasteiger partial charge in [-0.3, -0.25) is 20.1 Å². The summed E-state index contributed by atoms with van der Waals surface area (Å²) in [7, 11) is 1.63. The molecule has 0 saturated carbocycles. The number of aromatic nitrogens is 1. The minimum absolute atomic E-state index is 0.0762. The lowest BCUT2D eigenvalue weighted by Crippen LogP contribution is -2.61. The number of ether oxygens (including phenoxy) is 1. The van der Waals surface area contributed by atoms with Crippen LogP contribution < -0.4 is 10.1 Å². The number of amides is 1. The van der Waals surface area contributed by atoms with Gasteiger partial charge in [0.15, 0.2) is 5.96 Å². The van der Waals surface area contributed by atoms with E-state index in [2.05, 4.69) is 16.4 Å². The Labute approximate surface area is 175 Å². The van der Waals surface area contributed by atoms with Crippen molar-refractivity contribution in [2.75, 3.05) is 7.05 Å². The molecule has 5 rings (SSSR count). The van der Waals surface area contributed by atoms with Gasteiger partial charge in [-0.25, -0.2) is 0 Å². The van der Waals surface area contributed by atoms with Gasteiger partial charge in [-0.15, -0.1) is 0 Å². The largest absolute Gasteiger partial charge is 0.485 e. The molecule has 2 unspecified atom stereocenters. The van der Waals surface area contributed by atoms with Gasteiger partial charge in [-0.05, 0) is 41.0 Å². The van der Waals surface area contributed by atoms with E-state index < -0.39 is 5.54 Å². The summed E-state index contributed by atoms with van der Waals surface area (Å²) < 4.78 is 6.39. The van der Waals surface area contributed by atoms with Crippen LogP contribution in [0.15, 0.2) is 73.1 Å². The molecule has 0 aliphatic carbocycles. The van der Waals surface area contributed by atoms with E-state index in [-0.39, 0.29) is 24.4 Å². The van der Waals surface area contributed by atoms with Gasteiger partial charge in [-0.1, -0.05) is 36.4 Å². The molecule has 0 bridgehead atoms. The van der Waals surface area contributed by atoms with Crippen molar-refractivity contribution in [3.63, 3.8) is 0 Å². The number of nitrogens with zero attached hydrogens (tertiary/aromatic N) is 2. The summed E-state index contributed by atoms with van der Waals surface area (Å²) in [6.45, 7) is 0. The SMILES string of the molecule is CN1C(=N)NC2(CC1=O)CC(c1ccccc1)Oc1ccc(-c3ccncc3)cc12. The Morgan fingerprint density at radius 3 is 2.60 bits per heavy atom. The molecule has 6 nitrogen and oxygen atoms in total. The summed E-state index contributed by atoms with van der Waals surface area (Å²) in [5, 5.41) is 11.7. The van der Waals surface area contributed by atoms with Crippen LogP contribution in [0.4, 0.5) is 0 Å². The fraction of sp³-hybridized carbons (Fsp3) is 0.208. The van der Waals surface area contributed by atoms with Crippen molar-refractivity contribution in [3.05, 3.63) is 84.2 Å². The second-order valence-electron chi connectivity index (χ2n) is 7.85. The molecule has 150 valence electrons. The van der Waals surface area contributed by atoms with Crippen molar-refractivity contribution in [1.29, 1.82) is 5.41 Å². The smallest absolute Gasteiger partial charge is 0.231 e. The van der Waals surface area contributed by atoms with Crippen LogP contribution in [0.3, 0.4) is 0 Å². The van der Waals surface area contributed by atoms with Gasteiger partial charge in [0.05, 0.1) is 12.0 Å². The molecule has 3 aromatic rings. The van der Waals surface area contributed by atoms with E-state index >= 15 is 0 Å². The van der Waals surface area contributed by atoms with Crippen LogP contribution in [0.2, 0.25) is 0 Å². The number of carbonyl (C=O) groups excluding carboxylic acids is 1. The average molecular weight is 398 g/mol. The molecule has 0 radical (unpaired) electrons. The minimum Gasteiger partial charge on any atom is -0.485 e. The van der Waals surface area contributed by atoms with Crippen molar-refractivity contribution in [1.82, 2.24) is 15.2 Å². The van der Waals surface area contributed by atoms with Gasteiger partial charge in [0, 0.05) is 31.4 Å². The van der Waals surface area contributed by atoms with Gasteiger partial charge in [0.1, 0.15) is 11.9 Å². The Morgan fingerprint density at radius 1 is 1.10 bits per heavy atom. The molecule has 1 saturated heterocycles. The van der Waals surface area contributed by atoms with E-state index in [4.69, 9.17) is 10.1 Å². The van der Waals surface area contributed by atoms with Crippen LogP contribution in [0, 0.1) is 5.41 Å². The summed E-state index contributed by atoms with van der Waals surface area (Å²) in [6.07, 6.45) is 4.15. The maximum atomic E-state index is 12.8. The number of benzene rings is 2. The molecule has 2 atom stereocenters. The van der Waals surface area contributed by atoms with Crippen LogP contribution in [0.1, 0.15) is 30.1 Å². The zero-order chi connectivity index (χ0) is 20.7. The first kappa shape index (κ1) is 18.4. The minimum atomic E-state index is -0.697. The molecule has 1 amide bonds. The van der Waals surface area contributed by atoms with Crippen LogP contribution in [-0.4, -0.2) is 28.8 Å². The third-order valence-electron chi connectivity index (χ3n) is 6.00. The molecule has 3 heterocycles. The summed E-state index contributed by atoms with van der Waals surface area (Å²) in [5.74, 6) is 0.776. The highest BCUT2D eigenvalue weighted by Gasteiger charge is 2.48. The first-order valence-corrected chi connectivity index (χ1v) is 9.96. The van der Waals surface area contributed by atoms with Gasteiger partial charge in [0.2, 0.25) is 5.91 Å². The van der Waals surface area contributed by atoms with Crippen LogP contribution in [0.5, 0.6) is 5.75 Å². The highest BCUT2D eigenvalue weighted by atomic mass is 16.5.